The molecule has 0 aromatic heterocycles. The van der Waals surface area contributed by atoms with Gasteiger partial charge in [-0.3, -0.25) is 4.90 Å². The normalized spacial score (nSPS) is 26.6. The first-order chi connectivity index (χ1) is 7.35. The standard InChI is InChI=1S/C13H19NO2/c1-5-10-8-13(6-7-13)9-14(10)11(15)16-12(2,3)4/h1,10H,6-9H2,2-4H3/t10-/m1/s1. The number of ether oxygens (including phenoxy) is 1. The molecule has 2 aliphatic rings. The van der Waals surface area contributed by atoms with Crippen molar-refractivity contribution in [1.29, 1.82) is 0 Å². The number of likely N-dealkylation sites (tertiary alicyclic amines) is 1. The smallest absolute Gasteiger partial charge is 0.411 e. The maximum atomic E-state index is 12.0. The van der Waals surface area contributed by atoms with Gasteiger partial charge in [0.05, 0.1) is 6.04 Å². The van der Waals surface area contributed by atoms with E-state index >= 15 is 0 Å². The van der Waals surface area contributed by atoms with Crippen LogP contribution < -0.4 is 0 Å². The maximum absolute atomic E-state index is 12.0. The Hall–Kier alpha value is -1.17. The molecule has 0 bridgehead atoms. The average Bonchev–Trinajstić information content (AvgIpc) is 2.75. The molecule has 1 atom stereocenters. The number of rotatable bonds is 0. The SMILES string of the molecule is C#C[C@@H]1CC2(CC2)CN1C(=O)OC(C)(C)C. The predicted molar refractivity (Wildman–Crippen MR) is 61.8 cm³/mol. The van der Waals surface area contributed by atoms with Gasteiger partial charge in [0, 0.05) is 6.54 Å². The summed E-state index contributed by atoms with van der Waals surface area (Å²) in [6.07, 6.45) is 8.56. The minimum Gasteiger partial charge on any atom is -0.444 e. The second kappa shape index (κ2) is 3.41. The van der Waals surface area contributed by atoms with E-state index in [4.69, 9.17) is 11.2 Å². The Balaban J connectivity index is 2.03. The quantitative estimate of drug-likeness (QED) is 0.588. The molecule has 2 rings (SSSR count). The van der Waals surface area contributed by atoms with Crippen molar-refractivity contribution in [3.63, 3.8) is 0 Å². The Labute approximate surface area is 97.1 Å². The minimum atomic E-state index is -0.449. The summed E-state index contributed by atoms with van der Waals surface area (Å²) in [6.45, 7) is 6.40. The molecule has 1 saturated carbocycles. The van der Waals surface area contributed by atoms with Crippen LogP contribution >= 0.6 is 0 Å². The van der Waals surface area contributed by atoms with Crippen LogP contribution in [0.2, 0.25) is 0 Å². The third-order valence-electron chi connectivity index (χ3n) is 3.29. The summed E-state index contributed by atoms with van der Waals surface area (Å²) < 4.78 is 5.37. The molecular weight excluding hydrogens is 202 g/mol. The first kappa shape index (κ1) is 11.3. The van der Waals surface area contributed by atoms with Crippen LogP contribution in [0, 0.1) is 17.8 Å². The van der Waals surface area contributed by atoms with E-state index in [2.05, 4.69) is 5.92 Å². The van der Waals surface area contributed by atoms with E-state index in [1.807, 2.05) is 20.8 Å². The minimum absolute atomic E-state index is 0.0719. The van der Waals surface area contributed by atoms with Crippen molar-refractivity contribution in [2.24, 2.45) is 5.41 Å². The number of terminal acetylenes is 1. The lowest BCUT2D eigenvalue weighted by Crippen LogP contribution is -2.39. The Morgan fingerprint density at radius 2 is 2.12 bits per heavy atom. The van der Waals surface area contributed by atoms with Crippen molar-refractivity contribution >= 4 is 6.09 Å². The van der Waals surface area contributed by atoms with Crippen LogP contribution in [0.5, 0.6) is 0 Å². The van der Waals surface area contributed by atoms with Gasteiger partial charge < -0.3 is 4.74 Å². The van der Waals surface area contributed by atoms with Gasteiger partial charge in [-0.2, -0.15) is 0 Å². The van der Waals surface area contributed by atoms with Crippen LogP contribution in [0.4, 0.5) is 4.79 Å². The van der Waals surface area contributed by atoms with E-state index < -0.39 is 5.60 Å². The van der Waals surface area contributed by atoms with E-state index in [0.29, 0.717) is 5.41 Å². The van der Waals surface area contributed by atoms with Crippen LogP contribution in [0.1, 0.15) is 40.0 Å². The Morgan fingerprint density at radius 3 is 2.56 bits per heavy atom. The molecule has 3 nitrogen and oxygen atoms in total. The topological polar surface area (TPSA) is 29.5 Å². The first-order valence-electron chi connectivity index (χ1n) is 5.81. The molecule has 2 fully saturated rings. The lowest BCUT2D eigenvalue weighted by Gasteiger charge is -2.26. The summed E-state index contributed by atoms with van der Waals surface area (Å²) in [6, 6.07) is -0.0719. The van der Waals surface area contributed by atoms with Gasteiger partial charge in [0.1, 0.15) is 5.60 Å². The zero-order valence-electron chi connectivity index (χ0n) is 10.2. The number of carbonyl (C=O) groups excluding carboxylic acids is 1. The zero-order chi connectivity index (χ0) is 12.0. The van der Waals surface area contributed by atoms with Crippen LogP contribution in [-0.2, 0) is 4.74 Å². The summed E-state index contributed by atoms with van der Waals surface area (Å²) >= 11 is 0. The van der Waals surface area contributed by atoms with E-state index in [1.165, 1.54) is 12.8 Å². The van der Waals surface area contributed by atoms with Gasteiger partial charge in [-0.15, -0.1) is 6.42 Å². The fourth-order valence-corrected chi connectivity index (χ4v) is 2.26. The highest BCUT2D eigenvalue weighted by Crippen LogP contribution is 2.54. The summed E-state index contributed by atoms with van der Waals surface area (Å²) in [4.78, 5) is 13.7. The second-order valence-corrected chi connectivity index (χ2v) is 5.99. The molecule has 1 aliphatic heterocycles. The van der Waals surface area contributed by atoms with E-state index in [1.54, 1.807) is 4.90 Å². The van der Waals surface area contributed by atoms with Crippen molar-refractivity contribution in [3.05, 3.63) is 0 Å². The summed E-state index contributed by atoms with van der Waals surface area (Å²) in [7, 11) is 0. The van der Waals surface area contributed by atoms with E-state index in [9.17, 15) is 4.79 Å². The average molecular weight is 221 g/mol. The number of amides is 1. The Kier molecular flexibility index (Phi) is 2.41. The van der Waals surface area contributed by atoms with Gasteiger partial charge in [0.25, 0.3) is 0 Å². The molecule has 1 saturated heterocycles. The van der Waals surface area contributed by atoms with Crippen molar-refractivity contribution in [3.8, 4) is 12.3 Å². The molecule has 1 aliphatic carbocycles. The summed E-state index contributed by atoms with van der Waals surface area (Å²) in [5, 5.41) is 0. The highest BCUT2D eigenvalue weighted by molar-refractivity contribution is 5.70. The molecule has 16 heavy (non-hydrogen) atoms. The molecule has 0 N–H and O–H groups in total. The highest BCUT2D eigenvalue weighted by Gasteiger charge is 2.53. The monoisotopic (exact) mass is 221 g/mol. The molecule has 3 heteroatoms. The largest absolute Gasteiger partial charge is 0.444 e. The molecule has 0 radical (unpaired) electrons. The van der Waals surface area contributed by atoms with Gasteiger partial charge >= 0.3 is 6.09 Å². The predicted octanol–water partition coefficient (Wildman–Crippen LogP) is 2.41. The molecule has 1 spiro atoms. The Bertz CT molecular complexity index is 344. The fourth-order valence-electron chi connectivity index (χ4n) is 2.26. The second-order valence-electron chi connectivity index (χ2n) is 5.99. The van der Waals surface area contributed by atoms with E-state index in [-0.39, 0.29) is 12.1 Å². The van der Waals surface area contributed by atoms with Gasteiger partial charge in [-0.25, -0.2) is 4.79 Å². The summed E-state index contributed by atoms with van der Waals surface area (Å²) in [5.41, 5.74) is -0.122. The number of hydrogen-bond acceptors (Lipinski definition) is 2. The van der Waals surface area contributed by atoms with Gasteiger partial charge in [-0.1, -0.05) is 5.92 Å². The van der Waals surface area contributed by atoms with Crippen molar-refractivity contribution in [2.45, 2.75) is 51.7 Å². The van der Waals surface area contributed by atoms with Gasteiger partial charge in [-0.05, 0) is 45.4 Å². The molecule has 1 heterocycles. The van der Waals surface area contributed by atoms with Crippen LogP contribution in [-0.4, -0.2) is 29.2 Å². The van der Waals surface area contributed by atoms with Crippen molar-refractivity contribution in [1.82, 2.24) is 4.90 Å². The van der Waals surface area contributed by atoms with Crippen LogP contribution in [0.15, 0.2) is 0 Å². The highest BCUT2D eigenvalue weighted by atomic mass is 16.6. The lowest BCUT2D eigenvalue weighted by molar-refractivity contribution is 0.0253. The molecule has 0 aromatic rings. The molecular formula is C13H19NO2. The molecule has 1 amide bonds. The zero-order valence-corrected chi connectivity index (χ0v) is 10.2. The van der Waals surface area contributed by atoms with Gasteiger partial charge in [0.2, 0.25) is 0 Å². The lowest BCUT2D eigenvalue weighted by atomic mass is 10.0. The number of carbonyl (C=O) groups is 1. The van der Waals surface area contributed by atoms with Gasteiger partial charge in [0.15, 0.2) is 0 Å². The maximum Gasteiger partial charge on any atom is 0.411 e. The third kappa shape index (κ3) is 2.16. The fraction of sp³-hybridized carbons (Fsp3) is 0.769. The molecule has 88 valence electrons. The molecule has 0 unspecified atom stereocenters. The Morgan fingerprint density at radius 1 is 1.50 bits per heavy atom. The van der Waals surface area contributed by atoms with Crippen molar-refractivity contribution < 1.29 is 9.53 Å². The number of nitrogens with zero attached hydrogens (tertiary/aromatic N) is 1. The number of hydrogen-bond donors (Lipinski definition) is 0. The van der Waals surface area contributed by atoms with Crippen LogP contribution in [0.3, 0.4) is 0 Å². The third-order valence-corrected chi connectivity index (χ3v) is 3.29. The first-order valence-corrected chi connectivity index (χ1v) is 5.81. The summed E-state index contributed by atoms with van der Waals surface area (Å²) in [5.74, 6) is 2.70. The van der Waals surface area contributed by atoms with E-state index in [0.717, 1.165) is 13.0 Å². The van der Waals surface area contributed by atoms with Crippen molar-refractivity contribution in [2.75, 3.05) is 6.54 Å². The van der Waals surface area contributed by atoms with Crippen LogP contribution in [0.25, 0.3) is 0 Å². The molecule has 0 aromatic carbocycles.